The van der Waals surface area contributed by atoms with Crippen molar-refractivity contribution in [1.29, 1.82) is 5.26 Å². The number of alkyl halides is 3. The van der Waals surface area contributed by atoms with E-state index in [1.165, 1.54) is 12.1 Å². The third-order valence-electron chi connectivity index (χ3n) is 3.26. The van der Waals surface area contributed by atoms with Crippen LogP contribution in [0, 0.1) is 11.3 Å². The van der Waals surface area contributed by atoms with Crippen LogP contribution in [0.15, 0.2) is 41.0 Å². The molecule has 1 aromatic heterocycles. The summed E-state index contributed by atoms with van der Waals surface area (Å²) >= 11 is 0. The Kier molecular flexibility index (Phi) is 4.76. The number of aryl methyl sites for hydroxylation is 1. The van der Waals surface area contributed by atoms with Crippen molar-refractivity contribution in [3.05, 3.63) is 53.5 Å². The van der Waals surface area contributed by atoms with Crippen molar-refractivity contribution in [3.8, 4) is 6.07 Å². The lowest BCUT2D eigenvalue weighted by atomic mass is 10.1. The highest BCUT2D eigenvalue weighted by Gasteiger charge is 2.33. The molecule has 0 aliphatic heterocycles. The van der Waals surface area contributed by atoms with Crippen LogP contribution in [0.1, 0.15) is 30.2 Å². The van der Waals surface area contributed by atoms with Crippen molar-refractivity contribution in [2.75, 3.05) is 5.32 Å². The highest BCUT2D eigenvalue weighted by molar-refractivity contribution is 5.53. The normalized spacial score (nSPS) is 12.7. The fraction of sp³-hybridized carbons (Fsp3) is 0.312. The van der Waals surface area contributed by atoms with Gasteiger partial charge in [-0.3, -0.25) is 0 Å². The van der Waals surface area contributed by atoms with Gasteiger partial charge in [0.25, 0.3) is 0 Å². The van der Waals surface area contributed by atoms with E-state index < -0.39 is 11.7 Å². The predicted molar refractivity (Wildman–Crippen MR) is 76.3 cm³/mol. The molecule has 0 aliphatic rings. The molecule has 0 aliphatic carbocycles. The van der Waals surface area contributed by atoms with Gasteiger partial charge in [-0.2, -0.15) is 18.4 Å². The minimum atomic E-state index is -4.54. The molecule has 1 unspecified atom stereocenters. The van der Waals surface area contributed by atoms with Crippen LogP contribution in [-0.4, -0.2) is 6.04 Å². The summed E-state index contributed by atoms with van der Waals surface area (Å²) in [5, 5.41) is 11.8. The minimum Gasteiger partial charge on any atom is -0.469 e. The number of nitriles is 1. The van der Waals surface area contributed by atoms with Gasteiger partial charge < -0.3 is 9.73 Å². The average Bonchev–Trinajstić information content (AvgIpc) is 2.97. The molecule has 6 heteroatoms. The number of nitrogens with one attached hydrogen (secondary N) is 1. The molecule has 116 valence electrons. The van der Waals surface area contributed by atoms with E-state index in [1.54, 1.807) is 18.4 Å². The van der Waals surface area contributed by atoms with Gasteiger partial charge in [0.2, 0.25) is 0 Å². The van der Waals surface area contributed by atoms with Crippen molar-refractivity contribution < 1.29 is 17.6 Å². The van der Waals surface area contributed by atoms with Crippen LogP contribution in [0.25, 0.3) is 0 Å². The first-order chi connectivity index (χ1) is 10.4. The van der Waals surface area contributed by atoms with E-state index in [0.717, 1.165) is 18.2 Å². The number of hydrogen-bond donors (Lipinski definition) is 1. The molecule has 0 saturated heterocycles. The zero-order valence-corrected chi connectivity index (χ0v) is 11.9. The molecule has 1 aromatic carbocycles. The summed E-state index contributed by atoms with van der Waals surface area (Å²) < 4.78 is 43.9. The van der Waals surface area contributed by atoms with Crippen LogP contribution in [0.4, 0.5) is 18.9 Å². The molecule has 0 saturated carbocycles. The topological polar surface area (TPSA) is 49.0 Å². The zero-order valence-electron chi connectivity index (χ0n) is 11.9. The summed E-state index contributed by atoms with van der Waals surface area (Å²) in [7, 11) is 0. The molecule has 0 amide bonds. The summed E-state index contributed by atoms with van der Waals surface area (Å²) in [5.74, 6) is 0.837. The maximum atomic E-state index is 12.9. The van der Waals surface area contributed by atoms with Crippen LogP contribution in [-0.2, 0) is 12.6 Å². The zero-order chi connectivity index (χ0) is 16.2. The summed E-state index contributed by atoms with van der Waals surface area (Å²) in [5.41, 5.74) is -0.946. The Morgan fingerprint density at radius 2 is 2.09 bits per heavy atom. The molecule has 1 atom stereocenters. The average molecular weight is 308 g/mol. The lowest BCUT2D eigenvalue weighted by Crippen LogP contribution is -2.17. The summed E-state index contributed by atoms with van der Waals surface area (Å²) in [6, 6.07) is 8.83. The van der Waals surface area contributed by atoms with Crippen LogP contribution < -0.4 is 5.32 Å². The van der Waals surface area contributed by atoms with E-state index in [0.29, 0.717) is 12.1 Å². The lowest BCUT2D eigenvalue weighted by molar-refractivity contribution is -0.137. The lowest BCUT2D eigenvalue weighted by Gasteiger charge is -2.17. The Bertz CT molecular complexity index is 657. The van der Waals surface area contributed by atoms with Crippen molar-refractivity contribution in [2.45, 2.75) is 32.0 Å². The van der Waals surface area contributed by atoms with E-state index in [9.17, 15) is 13.2 Å². The quantitative estimate of drug-likeness (QED) is 0.878. The largest absolute Gasteiger partial charge is 0.469 e. The molecular weight excluding hydrogens is 293 g/mol. The van der Waals surface area contributed by atoms with Gasteiger partial charge in [0.1, 0.15) is 5.76 Å². The van der Waals surface area contributed by atoms with E-state index in [1.807, 2.05) is 13.0 Å². The standard InChI is InChI=1S/C16H15F3N2O/c1-11(4-7-14-3-2-8-22-14)21-13-6-5-12(10-20)15(9-13)16(17,18)19/h2-3,5-6,8-9,11,21H,4,7H2,1H3. The summed E-state index contributed by atoms with van der Waals surface area (Å²) in [6.45, 7) is 1.88. The van der Waals surface area contributed by atoms with Crippen molar-refractivity contribution >= 4 is 5.69 Å². The molecular formula is C16H15F3N2O. The molecule has 1 heterocycles. The van der Waals surface area contributed by atoms with E-state index in [-0.39, 0.29) is 11.6 Å². The van der Waals surface area contributed by atoms with Crippen molar-refractivity contribution in [3.63, 3.8) is 0 Å². The Morgan fingerprint density at radius 3 is 2.68 bits per heavy atom. The fourth-order valence-electron chi connectivity index (χ4n) is 2.14. The third kappa shape index (κ3) is 4.04. The SMILES string of the molecule is CC(CCc1ccco1)Nc1ccc(C#N)c(C(F)(F)F)c1. The van der Waals surface area contributed by atoms with Crippen LogP contribution in [0.5, 0.6) is 0 Å². The smallest absolute Gasteiger partial charge is 0.417 e. The maximum Gasteiger partial charge on any atom is 0.417 e. The second kappa shape index (κ2) is 6.56. The number of furan rings is 1. The van der Waals surface area contributed by atoms with Crippen LogP contribution in [0.3, 0.4) is 0 Å². The van der Waals surface area contributed by atoms with Gasteiger partial charge >= 0.3 is 6.18 Å². The fourth-order valence-corrected chi connectivity index (χ4v) is 2.14. The second-order valence-electron chi connectivity index (χ2n) is 5.03. The molecule has 2 rings (SSSR count). The Morgan fingerprint density at radius 1 is 1.32 bits per heavy atom. The molecule has 2 aromatic rings. The molecule has 22 heavy (non-hydrogen) atoms. The van der Waals surface area contributed by atoms with Crippen molar-refractivity contribution in [2.24, 2.45) is 0 Å². The van der Waals surface area contributed by atoms with Crippen LogP contribution in [0.2, 0.25) is 0 Å². The predicted octanol–water partition coefficient (Wildman–Crippen LogP) is 4.60. The van der Waals surface area contributed by atoms with E-state index in [4.69, 9.17) is 9.68 Å². The molecule has 3 nitrogen and oxygen atoms in total. The molecule has 0 radical (unpaired) electrons. The number of nitrogens with zero attached hydrogens (tertiary/aromatic N) is 1. The third-order valence-corrected chi connectivity index (χ3v) is 3.26. The number of hydrogen-bond acceptors (Lipinski definition) is 3. The van der Waals surface area contributed by atoms with Gasteiger partial charge in [-0.1, -0.05) is 0 Å². The summed E-state index contributed by atoms with van der Waals surface area (Å²) in [6.07, 6.45) is -1.54. The first-order valence-corrected chi connectivity index (χ1v) is 6.80. The Balaban J connectivity index is 2.05. The first kappa shape index (κ1) is 16.0. The molecule has 0 bridgehead atoms. The van der Waals surface area contributed by atoms with Gasteiger partial charge in [0.15, 0.2) is 0 Å². The number of rotatable bonds is 5. The highest BCUT2D eigenvalue weighted by atomic mass is 19.4. The van der Waals surface area contributed by atoms with Gasteiger partial charge in [-0.05, 0) is 43.7 Å². The van der Waals surface area contributed by atoms with E-state index in [2.05, 4.69) is 5.32 Å². The number of halogens is 3. The number of anilines is 1. The molecule has 0 spiro atoms. The molecule has 0 fully saturated rings. The maximum absolute atomic E-state index is 12.9. The summed E-state index contributed by atoms with van der Waals surface area (Å²) in [4.78, 5) is 0. The molecule has 1 N–H and O–H groups in total. The van der Waals surface area contributed by atoms with Gasteiger partial charge in [-0.25, -0.2) is 0 Å². The Hall–Kier alpha value is -2.42. The van der Waals surface area contributed by atoms with E-state index >= 15 is 0 Å². The Labute approximate surface area is 126 Å². The monoisotopic (exact) mass is 308 g/mol. The number of benzene rings is 1. The van der Waals surface area contributed by atoms with Gasteiger partial charge in [0, 0.05) is 18.2 Å². The minimum absolute atomic E-state index is 0.0286. The van der Waals surface area contributed by atoms with Gasteiger partial charge in [0.05, 0.1) is 23.5 Å². The first-order valence-electron chi connectivity index (χ1n) is 6.80. The second-order valence-corrected chi connectivity index (χ2v) is 5.03. The van der Waals surface area contributed by atoms with Crippen molar-refractivity contribution in [1.82, 2.24) is 0 Å². The van der Waals surface area contributed by atoms with Crippen LogP contribution >= 0.6 is 0 Å². The highest BCUT2D eigenvalue weighted by Crippen LogP contribution is 2.33. The van der Waals surface area contributed by atoms with Gasteiger partial charge in [-0.15, -0.1) is 0 Å².